The SMILES string of the molecule is NC1CCC(C(F)(F)F)N(C(=O)CN2CCCC2=O)C1. The number of nitrogens with two attached hydrogens (primary N) is 1. The van der Waals surface area contributed by atoms with E-state index in [1.165, 1.54) is 4.90 Å². The van der Waals surface area contributed by atoms with Crippen molar-refractivity contribution in [2.24, 2.45) is 5.73 Å². The molecule has 0 aliphatic carbocycles. The van der Waals surface area contributed by atoms with Crippen molar-refractivity contribution in [1.29, 1.82) is 0 Å². The highest BCUT2D eigenvalue weighted by Crippen LogP contribution is 2.31. The number of piperidine rings is 1. The summed E-state index contributed by atoms with van der Waals surface area (Å²) in [6, 6.07) is -2.22. The van der Waals surface area contributed by atoms with Crippen molar-refractivity contribution in [3.05, 3.63) is 0 Å². The summed E-state index contributed by atoms with van der Waals surface area (Å²) in [7, 11) is 0. The largest absolute Gasteiger partial charge is 0.408 e. The molecule has 0 bridgehead atoms. The predicted molar refractivity (Wildman–Crippen MR) is 64.6 cm³/mol. The summed E-state index contributed by atoms with van der Waals surface area (Å²) in [5.41, 5.74) is 5.66. The van der Waals surface area contributed by atoms with Crippen molar-refractivity contribution in [1.82, 2.24) is 9.80 Å². The van der Waals surface area contributed by atoms with Gasteiger partial charge in [0.15, 0.2) is 0 Å². The topological polar surface area (TPSA) is 66.6 Å². The molecule has 2 fully saturated rings. The van der Waals surface area contributed by atoms with E-state index in [1.54, 1.807) is 0 Å². The van der Waals surface area contributed by atoms with E-state index in [0.717, 1.165) is 4.90 Å². The molecule has 2 atom stereocenters. The highest BCUT2D eigenvalue weighted by Gasteiger charge is 2.47. The van der Waals surface area contributed by atoms with Crippen molar-refractivity contribution in [2.75, 3.05) is 19.6 Å². The van der Waals surface area contributed by atoms with Crippen molar-refractivity contribution >= 4 is 11.8 Å². The van der Waals surface area contributed by atoms with Crippen molar-refractivity contribution < 1.29 is 22.8 Å². The van der Waals surface area contributed by atoms with E-state index in [9.17, 15) is 22.8 Å². The number of halogens is 3. The molecule has 2 aliphatic rings. The average Bonchev–Trinajstić information content (AvgIpc) is 2.73. The minimum absolute atomic E-state index is 0.106. The molecule has 2 saturated heterocycles. The van der Waals surface area contributed by atoms with Crippen LogP contribution in [0.5, 0.6) is 0 Å². The fraction of sp³-hybridized carbons (Fsp3) is 0.833. The van der Waals surface area contributed by atoms with Gasteiger partial charge in [-0.15, -0.1) is 0 Å². The second-order valence-electron chi connectivity index (χ2n) is 5.36. The molecule has 2 aliphatic heterocycles. The predicted octanol–water partition coefficient (Wildman–Crippen LogP) is 0.489. The van der Waals surface area contributed by atoms with E-state index >= 15 is 0 Å². The Bertz CT molecular complexity index is 400. The quantitative estimate of drug-likeness (QED) is 0.806. The third-order valence-electron chi connectivity index (χ3n) is 3.81. The minimum atomic E-state index is -4.45. The number of hydrogen-bond donors (Lipinski definition) is 1. The number of likely N-dealkylation sites (tertiary alicyclic amines) is 2. The van der Waals surface area contributed by atoms with Crippen LogP contribution in [0.3, 0.4) is 0 Å². The molecule has 114 valence electrons. The Kier molecular flexibility index (Phi) is 4.22. The number of amides is 2. The van der Waals surface area contributed by atoms with Gasteiger partial charge in [0.1, 0.15) is 6.04 Å². The molecule has 2 amide bonds. The van der Waals surface area contributed by atoms with Gasteiger partial charge < -0.3 is 15.5 Å². The minimum Gasteiger partial charge on any atom is -0.333 e. The van der Waals surface area contributed by atoms with Crippen LogP contribution in [0.4, 0.5) is 13.2 Å². The number of rotatable bonds is 2. The second kappa shape index (κ2) is 5.59. The van der Waals surface area contributed by atoms with Gasteiger partial charge >= 0.3 is 6.18 Å². The highest BCUT2D eigenvalue weighted by atomic mass is 19.4. The normalized spacial score (nSPS) is 28.1. The fourth-order valence-corrected chi connectivity index (χ4v) is 2.74. The van der Waals surface area contributed by atoms with Crippen molar-refractivity contribution in [3.63, 3.8) is 0 Å². The standard InChI is InChI=1S/C12H18F3N3O2/c13-12(14,15)9-4-3-8(16)6-18(9)11(20)7-17-5-1-2-10(17)19/h8-9H,1-7,16H2. The Morgan fingerprint density at radius 1 is 1.35 bits per heavy atom. The van der Waals surface area contributed by atoms with E-state index in [-0.39, 0.29) is 31.8 Å². The third kappa shape index (κ3) is 3.23. The number of carbonyl (C=O) groups excluding carboxylic acids is 2. The van der Waals surface area contributed by atoms with Crippen LogP contribution in [0.1, 0.15) is 25.7 Å². The first-order valence-corrected chi connectivity index (χ1v) is 6.68. The van der Waals surface area contributed by atoms with E-state index in [0.29, 0.717) is 19.4 Å². The summed E-state index contributed by atoms with van der Waals surface area (Å²) in [5, 5.41) is 0. The molecule has 2 rings (SSSR count). The molecule has 2 heterocycles. The Morgan fingerprint density at radius 3 is 2.60 bits per heavy atom. The van der Waals surface area contributed by atoms with Gasteiger partial charge in [-0.05, 0) is 19.3 Å². The van der Waals surface area contributed by atoms with Crippen molar-refractivity contribution in [2.45, 2.75) is 43.9 Å². The van der Waals surface area contributed by atoms with Crippen LogP contribution in [0, 0.1) is 0 Å². The maximum absolute atomic E-state index is 13.0. The van der Waals surface area contributed by atoms with Gasteiger partial charge in [0.25, 0.3) is 0 Å². The molecule has 0 saturated carbocycles. The van der Waals surface area contributed by atoms with Crippen LogP contribution in [0.15, 0.2) is 0 Å². The lowest BCUT2D eigenvalue weighted by molar-refractivity contribution is -0.197. The molecule has 0 aromatic carbocycles. The number of alkyl halides is 3. The van der Waals surface area contributed by atoms with Crippen LogP contribution in [0.2, 0.25) is 0 Å². The maximum Gasteiger partial charge on any atom is 0.408 e. The molecule has 8 heteroatoms. The zero-order valence-corrected chi connectivity index (χ0v) is 11.0. The highest BCUT2D eigenvalue weighted by molar-refractivity contribution is 5.86. The molecular weight excluding hydrogens is 275 g/mol. The van der Waals surface area contributed by atoms with E-state index < -0.39 is 24.2 Å². The van der Waals surface area contributed by atoms with Crippen molar-refractivity contribution in [3.8, 4) is 0 Å². The van der Waals surface area contributed by atoms with E-state index in [4.69, 9.17) is 5.73 Å². The maximum atomic E-state index is 13.0. The van der Waals surface area contributed by atoms with Gasteiger partial charge in [-0.3, -0.25) is 9.59 Å². The first-order valence-electron chi connectivity index (χ1n) is 6.68. The lowest BCUT2D eigenvalue weighted by atomic mass is 9.98. The van der Waals surface area contributed by atoms with Gasteiger partial charge in [-0.2, -0.15) is 13.2 Å². The Balaban J connectivity index is 2.05. The van der Waals surface area contributed by atoms with Crippen LogP contribution in [-0.2, 0) is 9.59 Å². The average molecular weight is 293 g/mol. The Hall–Kier alpha value is -1.31. The summed E-state index contributed by atoms with van der Waals surface area (Å²) in [6.07, 6.45) is -3.38. The molecule has 0 radical (unpaired) electrons. The monoisotopic (exact) mass is 293 g/mol. The van der Waals surface area contributed by atoms with Crippen LogP contribution in [-0.4, -0.2) is 59.5 Å². The summed E-state index contributed by atoms with van der Waals surface area (Å²) in [4.78, 5) is 25.6. The molecule has 5 nitrogen and oxygen atoms in total. The van der Waals surface area contributed by atoms with Gasteiger partial charge in [0.2, 0.25) is 11.8 Å². The molecule has 0 spiro atoms. The summed E-state index contributed by atoms with van der Waals surface area (Å²) in [5.74, 6) is -0.846. The lowest BCUT2D eigenvalue weighted by Crippen LogP contribution is -2.58. The zero-order valence-electron chi connectivity index (χ0n) is 11.0. The van der Waals surface area contributed by atoms with Crippen LogP contribution < -0.4 is 5.73 Å². The van der Waals surface area contributed by atoms with Gasteiger partial charge in [0.05, 0.1) is 6.54 Å². The Labute approximate surface area is 114 Å². The van der Waals surface area contributed by atoms with E-state index in [2.05, 4.69) is 0 Å². The first kappa shape index (κ1) is 15.1. The third-order valence-corrected chi connectivity index (χ3v) is 3.81. The number of nitrogens with zero attached hydrogens (tertiary/aromatic N) is 2. The molecule has 20 heavy (non-hydrogen) atoms. The van der Waals surface area contributed by atoms with Crippen LogP contribution in [0.25, 0.3) is 0 Å². The smallest absolute Gasteiger partial charge is 0.333 e. The first-order chi connectivity index (χ1) is 9.29. The van der Waals surface area contributed by atoms with Gasteiger partial charge in [0, 0.05) is 25.6 Å². The van der Waals surface area contributed by atoms with E-state index in [1.807, 2.05) is 0 Å². The molecule has 0 aromatic rings. The summed E-state index contributed by atoms with van der Waals surface area (Å²) in [6.45, 7) is 0.0460. The molecule has 0 aromatic heterocycles. The fourth-order valence-electron chi connectivity index (χ4n) is 2.74. The summed E-state index contributed by atoms with van der Waals surface area (Å²) < 4.78 is 38.9. The summed E-state index contributed by atoms with van der Waals surface area (Å²) >= 11 is 0. The zero-order chi connectivity index (χ0) is 14.9. The number of hydrogen-bond acceptors (Lipinski definition) is 3. The lowest BCUT2D eigenvalue weighted by Gasteiger charge is -2.39. The molecule has 2 unspecified atom stereocenters. The van der Waals surface area contributed by atoms with Crippen LogP contribution >= 0.6 is 0 Å². The Morgan fingerprint density at radius 2 is 2.05 bits per heavy atom. The van der Waals surface area contributed by atoms with Gasteiger partial charge in [-0.1, -0.05) is 0 Å². The molecular formula is C12H18F3N3O2. The number of carbonyl (C=O) groups is 2. The molecule has 2 N–H and O–H groups in total. The van der Waals surface area contributed by atoms with Gasteiger partial charge in [-0.25, -0.2) is 0 Å². The second-order valence-corrected chi connectivity index (χ2v) is 5.36.